The van der Waals surface area contributed by atoms with E-state index in [1.807, 2.05) is 31.6 Å². The fraction of sp³-hybridized carbons (Fsp3) is 0.235. The molecule has 20 heavy (non-hydrogen) atoms. The third-order valence-electron chi connectivity index (χ3n) is 3.25. The SMILES string of the molecule is CNC(C)CC=Cc1cncc(-c2ccc(O)cc2)c1. The molecule has 1 unspecified atom stereocenters. The zero-order chi connectivity index (χ0) is 14.4. The third kappa shape index (κ3) is 3.93. The first-order chi connectivity index (χ1) is 9.69. The summed E-state index contributed by atoms with van der Waals surface area (Å²) in [5.41, 5.74) is 3.18. The molecule has 0 radical (unpaired) electrons. The molecule has 2 N–H and O–H groups in total. The molecule has 104 valence electrons. The molecular weight excluding hydrogens is 248 g/mol. The molecule has 0 aliphatic heterocycles. The Morgan fingerprint density at radius 1 is 1.20 bits per heavy atom. The van der Waals surface area contributed by atoms with Crippen LogP contribution in [0.5, 0.6) is 5.75 Å². The van der Waals surface area contributed by atoms with Crippen LogP contribution in [0.4, 0.5) is 0 Å². The molecule has 1 heterocycles. The monoisotopic (exact) mass is 268 g/mol. The van der Waals surface area contributed by atoms with Crippen LogP contribution < -0.4 is 5.32 Å². The molecule has 1 atom stereocenters. The van der Waals surface area contributed by atoms with Gasteiger partial charge in [0.25, 0.3) is 0 Å². The van der Waals surface area contributed by atoms with Gasteiger partial charge in [-0.25, -0.2) is 0 Å². The van der Waals surface area contributed by atoms with E-state index in [9.17, 15) is 5.11 Å². The molecule has 3 heteroatoms. The van der Waals surface area contributed by atoms with Crippen LogP contribution in [0.25, 0.3) is 17.2 Å². The lowest BCUT2D eigenvalue weighted by Gasteiger charge is -2.05. The van der Waals surface area contributed by atoms with Crippen molar-refractivity contribution in [1.82, 2.24) is 10.3 Å². The fourth-order valence-corrected chi connectivity index (χ4v) is 1.89. The average molecular weight is 268 g/mol. The quantitative estimate of drug-likeness (QED) is 0.872. The third-order valence-corrected chi connectivity index (χ3v) is 3.25. The van der Waals surface area contributed by atoms with Crippen LogP contribution in [0.3, 0.4) is 0 Å². The van der Waals surface area contributed by atoms with Gasteiger partial charge in [0, 0.05) is 24.0 Å². The maximum Gasteiger partial charge on any atom is 0.115 e. The molecule has 0 spiro atoms. The van der Waals surface area contributed by atoms with Gasteiger partial charge < -0.3 is 10.4 Å². The summed E-state index contributed by atoms with van der Waals surface area (Å²) < 4.78 is 0. The van der Waals surface area contributed by atoms with Gasteiger partial charge in [0.1, 0.15) is 5.75 Å². The first-order valence-electron chi connectivity index (χ1n) is 6.77. The highest BCUT2D eigenvalue weighted by molar-refractivity contribution is 5.66. The molecule has 3 nitrogen and oxygen atoms in total. The Kier molecular flexibility index (Phi) is 4.91. The molecule has 1 aromatic heterocycles. The Balaban J connectivity index is 2.13. The minimum Gasteiger partial charge on any atom is -0.508 e. The van der Waals surface area contributed by atoms with Gasteiger partial charge in [0.05, 0.1) is 0 Å². The van der Waals surface area contributed by atoms with Gasteiger partial charge >= 0.3 is 0 Å². The summed E-state index contributed by atoms with van der Waals surface area (Å²) in [7, 11) is 1.96. The van der Waals surface area contributed by atoms with Crippen LogP contribution in [-0.4, -0.2) is 23.2 Å². The van der Waals surface area contributed by atoms with Crippen LogP contribution in [-0.2, 0) is 0 Å². The van der Waals surface area contributed by atoms with Gasteiger partial charge in [-0.1, -0.05) is 24.3 Å². The Labute approximate surface area is 120 Å². The van der Waals surface area contributed by atoms with E-state index in [4.69, 9.17) is 0 Å². The molecule has 0 amide bonds. The lowest BCUT2D eigenvalue weighted by atomic mass is 10.1. The minimum absolute atomic E-state index is 0.277. The molecule has 0 saturated carbocycles. The standard InChI is InChI=1S/C17H20N2O/c1-13(18-2)4-3-5-14-10-16(12-19-11-14)15-6-8-17(20)9-7-15/h3,5-13,18,20H,4H2,1-2H3. The van der Waals surface area contributed by atoms with E-state index in [2.05, 4.69) is 35.4 Å². The smallest absolute Gasteiger partial charge is 0.115 e. The summed E-state index contributed by atoms with van der Waals surface area (Å²) >= 11 is 0. The van der Waals surface area contributed by atoms with Gasteiger partial charge in [-0.05, 0) is 49.7 Å². The van der Waals surface area contributed by atoms with Crippen molar-refractivity contribution in [3.05, 3.63) is 54.4 Å². The highest BCUT2D eigenvalue weighted by Crippen LogP contribution is 2.22. The topological polar surface area (TPSA) is 45.2 Å². The van der Waals surface area contributed by atoms with Crippen molar-refractivity contribution in [1.29, 1.82) is 0 Å². The summed E-state index contributed by atoms with van der Waals surface area (Å²) in [6, 6.07) is 9.73. The molecular formula is C17H20N2O. The van der Waals surface area contributed by atoms with Gasteiger partial charge in [0.2, 0.25) is 0 Å². The second-order valence-corrected chi connectivity index (χ2v) is 4.88. The largest absolute Gasteiger partial charge is 0.508 e. The highest BCUT2D eigenvalue weighted by Gasteiger charge is 1.99. The summed E-state index contributed by atoms with van der Waals surface area (Å²) in [5.74, 6) is 0.277. The second-order valence-electron chi connectivity index (χ2n) is 4.88. The summed E-state index contributed by atoms with van der Waals surface area (Å²) in [5, 5.41) is 12.5. The fourth-order valence-electron chi connectivity index (χ4n) is 1.89. The average Bonchev–Trinajstić information content (AvgIpc) is 2.48. The molecule has 2 rings (SSSR count). The molecule has 1 aromatic carbocycles. The van der Waals surface area contributed by atoms with E-state index >= 15 is 0 Å². The van der Waals surface area contributed by atoms with E-state index in [1.54, 1.807) is 12.1 Å². The van der Waals surface area contributed by atoms with E-state index in [-0.39, 0.29) is 5.75 Å². The predicted molar refractivity (Wildman–Crippen MR) is 83.5 cm³/mol. The van der Waals surface area contributed by atoms with Crippen LogP contribution in [0.2, 0.25) is 0 Å². The number of pyridine rings is 1. The molecule has 0 aliphatic carbocycles. The maximum absolute atomic E-state index is 9.32. The number of benzene rings is 1. The zero-order valence-electron chi connectivity index (χ0n) is 11.9. The lowest BCUT2D eigenvalue weighted by molar-refractivity contribution is 0.475. The number of nitrogens with one attached hydrogen (secondary N) is 1. The Morgan fingerprint density at radius 3 is 2.65 bits per heavy atom. The number of rotatable bonds is 5. The van der Waals surface area contributed by atoms with Gasteiger partial charge in [-0.3, -0.25) is 4.98 Å². The van der Waals surface area contributed by atoms with Crippen molar-refractivity contribution < 1.29 is 5.11 Å². The van der Waals surface area contributed by atoms with Crippen molar-refractivity contribution in [2.24, 2.45) is 0 Å². The summed E-state index contributed by atoms with van der Waals surface area (Å²) in [4.78, 5) is 4.27. The van der Waals surface area contributed by atoms with Crippen LogP contribution in [0.1, 0.15) is 18.9 Å². The first kappa shape index (κ1) is 14.3. The molecule has 0 fully saturated rings. The zero-order valence-corrected chi connectivity index (χ0v) is 11.9. The van der Waals surface area contributed by atoms with Crippen LogP contribution in [0, 0.1) is 0 Å². The van der Waals surface area contributed by atoms with E-state index < -0.39 is 0 Å². The summed E-state index contributed by atoms with van der Waals surface area (Å²) in [6.07, 6.45) is 8.91. The van der Waals surface area contributed by atoms with Crippen molar-refractivity contribution >= 4 is 6.08 Å². The number of hydrogen-bond acceptors (Lipinski definition) is 3. The van der Waals surface area contributed by atoms with E-state index in [0.717, 1.165) is 23.1 Å². The number of nitrogens with zero attached hydrogens (tertiary/aromatic N) is 1. The van der Waals surface area contributed by atoms with Crippen molar-refractivity contribution in [3.63, 3.8) is 0 Å². The second kappa shape index (κ2) is 6.87. The molecule has 0 aliphatic rings. The van der Waals surface area contributed by atoms with Crippen LogP contribution >= 0.6 is 0 Å². The number of phenols is 1. The Morgan fingerprint density at radius 2 is 1.95 bits per heavy atom. The van der Waals surface area contributed by atoms with Crippen molar-refractivity contribution in [2.75, 3.05) is 7.05 Å². The molecule has 2 aromatic rings. The Bertz CT molecular complexity index is 576. The molecule has 0 bridgehead atoms. The number of phenolic OH excluding ortho intramolecular Hbond substituents is 1. The number of aromatic nitrogens is 1. The maximum atomic E-state index is 9.32. The van der Waals surface area contributed by atoms with Crippen molar-refractivity contribution in [2.45, 2.75) is 19.4 Å². The van der Waals surface area contributed by atoms with Gasteiger partial charge in [0.15, 0.2) is 0 Å². The van der Waals surface area contributed by atoms with Gasteiger partial charge in [-0.15, -0.1) is 0 Å². The molecule has 0 saturated heterocycles. The Hall–Kier alpha value is -2.13. The van der Waals surface area contributed by atoms with Gasteiger partial charge in [-0.2, -0.15) is 0 Å². The first-order valence-corrected chi connectivity index (χ1v) is 6.77. The van der Waals surface area contributed by atoms with Crippen LogP contribution in [0.15, 0.2) is 48.8 Å². The predicted octanol–water partition coefficient (Wildman–Crippen LogP) is 3.47. The van der Waals surface area contributed by atoms with E-state index in [0.29, 0.717) is 6.04 Å². The van der Waals surface area contributed by atoms with E-state index in [1.165, 1.54) is 0 Å². The lowest BCUT2D eigenvalue weighted by Crippen LogP contribution is -2.19. The highest BCUT2D eigenvalue weighted by atomic mass is 16.3. The van der Waals surface area contributed by atoms with Crippen molar-refractivity contribution in [3.8, 4) is 16.9 Å². The normalized spacial score (nSPS) is 12.7. The number of aromatic hydroxyl groups is 1. The summed E-state index contributed by atoms with van der Waals surface area (Å²) in [6.45, 7) is 2.15. The number of hydrogen-bond donors (Lipinski definition) is 2. The minimum atomic E-state index is 0.277.